The predicted octanol–water partition coefficient (Wildman–Crippen LogP) is 3.53. The van der Waals surface area contributed by atoms with E-state index in [-0.39, 0.29) is 11.4 Å². The summed E-state index contributed by atoms with van der Waals surface area (Å²) in [5.74, 6) is 0. The normalized spacial score (nSPS) is 10.3. The number of nitrogen functional groups attached to an aromatic ring is 1. The van der Waals surface area contributed by atoms with Gasteiger partial charge in [0.25, 0.3) is 0 Å². The summed E-state index contributed by atoms with van der Waals surface area (Å²) in [6.07, 6.45) is 0. The molecule has 0 saturated heterocycles. The summed E-state index contributed by atoms with van der Waals surface area (Å²) in [6.45, 7) is 1.84. The van der Waals surface area contributed by atoms with Gasteiger partial charge in [0, 0.05) is 16.5 Å². The average molecular weight is 215 g/mol. The number of nitroso groups, excluding NO2 is 2. The zero-order valence-electron chi connectivity index (χ0n) is 8.60. The third kappa shape index (κ3) is 1.42. The van der Waals surface area contributed by atoms with Crippen LogP contribution in [0.3, 0.4) is 0 Å². The molecule has 0 spiro atoms. The molecule has 0 fully saturated rings. The number of benzene rings is 2. The largest absolute Gasteiger partial charge is 0.399 e. The van der Waals surface area contributed by atoms with Crippen molar-refractivity contribution in [3.8, 4) is 0 Å². The van der Waals surface area contributed by atoms with Gasteiger partial charge in [-0.05, 0) is 41.0 Å². The summed E-state index contributed by atoms with van der Waals surface area (Å²) in [5.41, 5.74) is 7.37. The van der Waals surface area contributed by atoms with Crippen molar-refractivity contribution in [1.82, 2.24) is 0 Å². The van der Waals surface area contributed by atoms with Gasteiger partial charge in [0.15, 0.2) is 0 Å². The molecule has 2 aromatic rings. The molecule has 0 aromatic heterocycles. The fourth-order valence-corrected chi connectivity index (χ4v) is 1.79. The summed E-state index contributed by atoms with van der Waals surface area (Å²) < 4.78 is 0. The molecule has 5 heteroatoms. The summed E-state index contributed by atoms with van der Waals surface area (Å²) in [6, 6.07) is 6.42. The standard InChI is InChI=1S/C11H9N3O2/c1-6-2-3-9(13-15)8-4-7(12)5-10(14-16)11(6)8/h2-5H,12H2,1H3. The van der Waals surface area contributed by atoms with Gasteiger partial charge in [-0.2, -0.15) is 0 Å². The molecule has 0 bridgehead atoms. The van der Waals surface area contributed by atoms with Crippen LogP contribution in [-0.2, 0) is 0 Å². The van der Waals surface area contributed by atoms with Crippen LogP contribution < -0.4 is 5.73 Å². The molecule has 0 heterocycles. The molecule has 2 N–H and O–H groups in total. The van der Waals surface area contributed by atoms with E-state index >= 15 is 0 Å². The molecule has 0 atom stereocenters. The number of rotatable bonds is 2. The minimum absolute atomic E-state index is 0.234. The van der Waals surface area contributed by atoms with E-state index in [9.17, 15) is 9.81 Å². The maximum Gasteiger partial charge on any atom is 0.118 e. The monoisotopic (exact) mass is 215 g/mol. The van der Waals surface area contributed by atoms with Crippen molar-refractivity contribution < 1.29 is 0 Å². The first-order valence-electron chi connectivity index (χ1n) is 4.67. The third-order valence-electron chi connectivity index (χ3n) is 2.50. The Balaban J connectivity index is 3.02. The SMILES string of the molecule is Cc1ccc(N=O)c2cc(N)cc(N=O)c12. The minimum atomic E-state index is 0.234. The first-order chi connectivity index (χ1) is 7.67. The molecular formula is C11H9N3O2. The lowest BCUT2D eigenvalue weighted by Gasteiger charge is -2.06. The zero-order valence-corrected chi connectivity index (χ0v) is 8.60. The highest BCUT2D eigenvalue weighted by Gasteiger charge is 2.10. The highest BCUT2D eigenvalue weighted by Crippen LogP contribution is 2.36. The maximum absolute atomic E-state index is 10.7. The molecule has 0 aliphatic heterocycles. The van der Waals surface area contributed by atoms with Crippen molar-refractivity contribution in [3.63, 3.8) is 0 Å². The van der Waals surface area contributed by atoms with E-state index in [0.717, 1.165) is 5.56 Å². The maximum atomic E-state index is 10.7. The Morgan fingerprint density at radius 2 is 1.75 bits per heavy atom. The Kier molecular flexibility index (Phi) is 2.36. The van der Waals surface area contributed by atoms with E-state index in [2.05, 4.69) is 10.4 Å². The van der Waals surface area contributed by atoms with Gasteiger partial charge in [-0.3, -0.25) is 0 Å². The molecule has 0 aliphatic rings. The fourth-order valence-electron chi connectivity index (χ4n) is 1.79. The summed E-state index contributed by atoms with van der Waals surface area (Å²) in [7, 11) is 0. The molecule has 2 rings (SSSR count). The summed E-state index contributed by atoms with van der Waals surface area (Å²) in [4.78, 5) is 21.4. The lowest BCUT2D eigenvalue weighted by Crippen LogP contribution is -1.87. The van der Waals surface area contributed by atoms with Gasteiger partial charge >= 0.3 is 0 Å². The number of anilines is 1. The van der Waals surface area contributed by atoms with Crippen molar-refractivity contribution in [2.45, 2.75) is 6.92 Å². The predicted molar refractivity (Wildman–Crippen MR) is 64.0 cm³/mol. The molecule has 0 unspecified atom stereocenters. The molecule has 5 nitrogen and oxygen atoms in total. The van der Waals surface area contributed by atoms with Gasteiger partial charge in [0.2, 0.25) is 0 Å². The number of hydrogen-bond donors (Lipinski definition) is 1. The highest BCUT2D eigenvalue weighted by atomic mass is 16.3. The van der Waals surface area contributed by atoms with E-state index in [1.807, 2.05) is 6.92 Å². The van der Waals surface area contributed by atoms with E-state index < -0.39 is 0 Å². The lowest BCUT2D eigenvalue weighted by molar-refractivity contribution is 1.45. The van der Waals surface area contributed by atoms with Crippen molar-refractivity contribution in [3.05, 3.63) is 39.6 Å². The number of hydrogen-bond acceptors (Lipinski definition) is 5. The number of aryl methyl sites for hydroxylation is 1. The van der Waals surface area contributed by atoms with Gasteiger partial charge in [-0.25, -0.2) is 0 Å². The van der Waals surface area contributed by atoms with Crippen LogP contribution in [0.4, 0.5) is 17.1 Å². The van der Waals surface area contributed by atoms with Gasteiger partial charge in [0.1, 0.15) is 11.4 Å². The van der Waals surface area contributed by atoms with E-state index in [4.69, 9.17) is 5.73 Å². The number of nitrogens with zero attached hydrogens (tertiary/aromatic N) is 2. The van der Waals surface area contributed by atoms with E-state index in [1.165, 1.54) is 6.07 Å². The van der Waals surface area contributed by atoms with Crippen LogP contribution in [0.15, 0.2) is 34.6 Å². The molecule has 0 saturated carbocycles. The Morgan fingerprint density at radius 1 is 1.06 bits per heavy atom. The van der Waals surface area contributed by atoms with Crippen LogP contribution in [-0.4, -0.2) is 0 Å². The molecular weight excluding hydrogens is 206 g/mol. The van der Waals surface area contributed by atoms with Crippen molar-refractivity contribution >= 4 is 27.8 Å². The smallest absolute Gasteiger partial charge is 0.118 e. The van der Waals surface area contributed by atoms with E-state index in [0.29, 0.717) is 16.5 Å². The van der Waals surface area contributed by atoms with Crippen LogP contribution in [0.1, 0.15) is 5.56 Å². The third-order valence-corrected chi connectivity index (χ3v) is 2.50. The second-order valence-electron chi connectivity index (χ2n) is 3.55. The molecule has 0 aliphatic carbocycles. The Bertz CT molecular complexity index is 593. The Hall–Kier alpha value is -2.30. The summed E-state index contributed by atoms with van der Waals surface area (Å²) >= 11 is 0. The summed E-state index contributed by atoms with van der Waals surface area (Å²) in [5, 5.41) is 7.02. The average Bonchev–Trinajstić information content (AvgIpc) is 2.28. The minimum Gasteiger partial charge on any atom is -0.399 e. The number of fused-ring (bicyclic) bond motifs is 1. The van der Waals surface area contributed by atoms with Crippen LogP contribution in [0.25, 0.3) is 10.8 Å². The molecule has 0 amide bonds. The zero-order chi connectivity index (χ0) is 11.7. The van der Waals surface area contributed by atoms with Crippen LogP contribution in [0.5, 0.6) is 0 Å². The van der Waals surface area contributed by atoms with Crippen LogP contribution >= 0.6 is 0 Å². The van der Waals surface area contributed by atoms with Gasteiger partial charge in [-0.15, -0.1) is 9.81 Å². The van der Waals surface area contributed by atoms with Gasteiger partial charge in [0.05, 0.1) is 0 Å². The van der Waals surface area contributed by atoms with Gasteiger partial charge < -0.3 is 5.73 Å². The lowest BCUT2D eigenvalue weighted by atomic mass is 10.0. The van der Waals surface area contributed by atoms with Crippen LogP contribution in [0.2, 0.25) is 0 Å². The molecule has 16 heavy (non-hydrogen) atoms. The Labute approximate surface area is 91.2 Å². The quantitative estimate of drug-likeness (QED) is 0.614. The van der Waals surface area contributed by atoms with Crippen molar-refractivity contribution in [1.29, 1.82) is 0 Å². The second-order valence-corrected chi connectivity index (χ2v) is 3.55. The van der Waals surface area contributed by atoms with Crippen molar-refractivity contribution in [2.75, 3.05) is 5.73 Å². The van der Waals surface area contributed by atoms with Crippen molar-refractivity contribution in [2.24, 2.45) is 10.4 Å². The fraction of sp³-hybridized carbons (Fsp3) is 0.0909. The highest BCUT2D eigenvalue weighted by molar-refractivity contribution is 6.03. The second kappa shape index (κ2) is 3.69. The molecule has 0 radical (unpaired) electrons. The Morgan fingerprint density at radius 3 is 2.38 bits per heavy atom. The first-order valence-corrected chi connectivity index (χ1v) is 4.67. The molecule has 80 valence electrons. The van der Waals surface area contributed by atoms with E-state index in [1.54, 1.807) is 18.2 Å². The van der Waals surface area contributed by atoms with Gasteiger partial charge in [-0.1, -0.05) is 6.07 Å². The molecule has 2 aromatic carbocycles. The topological polar surface area (TPSA) is 84.9 Å². The van der Waals surface area contributed by atoms with Crippen LogP contribution in [0, 0.1) is 16.7 Å². The number of nitrogens with two attached hydrogens (primary N) is 1. The first kappa shape index (κ1) is 10.2.